The molecule has 0 radical (unpaired) electrons. The van der Waals surface area contributed by atoms with E-state index in [0.29, 0.717) is 0 Å². The van der Waals surface area contributed by atoms with Gasteiger partial charge in [-0.15, -0.1) is 0 Å². The lowest BCUT2D eigenvalue weighted by atomic mass is 10.4. The van der Waals surface area contributed by atoms with Crippen LogP contribution in [-0.4, -0.2) is 27.3 Å². The van der Waals surface area contributed by atoms with Crippen LogP contribution in [0.5, 0.6) is 0 Å². The van der Waals surface area contributed by atoms with Crippen molar-refractivity contribution in [1.82, 2.24) is 15.0 Å². The van der Waals surface area contributed by atoms with E-state index in [9.17, 15) is 4.79 Å². The molecule has 1 heterocycles. The number of nitrogens with two attached hydrogens (primary N) is 1. The molecule has 0 aliphatic rings. The third-order valence-corrected chi connectivity index (χ3v) is 1.01. The fourth-order valence-electron chi connectivity index (χ4n) is 0.547. The van der Waals surface area contributed by atoms with E-state index in [1.165, 1.54) is 17.2 Å². The molecule has 0 fully saturated rings. The van der Waals surface area contributed by atoms with Crippen molar-refractivity contribution in [3.8, 4) is 0 Å². The second kappa shape index (κ2) is 3.07. The lowest BCUT2D eigenvalue weighted by molar-refractivity contribution is -0.118. The van der Waals surface area contributed by atoms with Crippen molar-refractivity contribution in [2.45, 2.75) is 6.54 Å². The summed E-state index contributed by atoms with van der Waals surface area (Å²) in [6, 6.07) is 0. The van der Waals surface area contributed by atoms with Gasteiger partial charge in [0.05, 0.1) is 18.9 Å². The van der Waals surface area contributed by atoms with Gasteiger partial charge in [0, 0.05) is 0 Å². The minimum atomic E-state index is -0.0730. The van der Waals surface area contributed by atoms with Crippen molar-refractivity contribution in [1.29, 1.82) is 0 Å². The SMILES string of the molecule is NCC(=O)Cn1nccn1. The van der Waals surface area contributed by atoms with Crippen molar-refractivity contribution < 1.29 is 4.79 Å². The molecule has 0 aromatic carbocycles. The maximum Gasteiger partial charge on any atom is 0.169 e. The third-order valence-electron chi connectivity index (χ3n) is 1.01. The zero-order valence-corrected chi connectivity index (χ0v) is 5.40. The van der Waals surface area contributed by atoms with Crippen LogP contribution in [0.2, 0.25) is 0 Å². The predicted molar refractivity (Wildman–Crippen MR) is 34.1 cm³/mol. The molecule has 1 aromatic heterocycles. The van der Waals surface area contributed by atoms with E-state index in [2.05, 4.69) is 10.2 Å². The largest absolute Gasteiger partial charge is 0.324 e. The first-order valence-corrected chi connectivity index (χ1v) is 2.89. The van der Waals surface area contributed by atoms with E-state index < -0.39 is 0 Å². The van der Waals surface area contributed by atoms with Crippen LogP contribution >= 0.6 is 0 Å². The summed E-state index contributed by atoms with van der Waals surface area (Å²) in [6.07, 6.45) is 3.04. The molecule has 0 unspecified atom stereocenters. The van der Waals surface area contributed by atoms with Gasteiger partial charge in [0.25, 0.3) is 0 Å². The maximum absolute atomic E-state index is 10.7. The fourth-order valence-corrected chi connectivity index (χ4v) is 0.547. The number of Topliss-reactive ketones (excluding diaryl/α,β-unsaturated/α-hetero) is 1. The van der Waals surface area contributed by atoms with Crippen LogP contribution < -0.4 is 5.73 Å². The Labute approximate surface area is 57.8 Å². The zero-order chi connectivity index (χ0) is 7.40. The Hall–Kier alpha value is -1.23. The molecular weight excluding hydrogens is 132 g/mol. The normalized spacial score (nSPS) is 9.70. The Morgan fingerprint density at radius 3 is 2.60 bits per heavy atom. The van der Waals surface area contributed by atoms with Crippen LogP contribution in [0.15, 0.2) is 12.4 Å². The average molecular weight is 140 g/mol. The minimum Gasteiger partial charge on any atom is -0.324 e. The van der Waals surface area contributed by atoms with E-state index in [4.69, 9.17) is 5.73 Å². The van der Waals surface area contributed by atoms with E-state index in [0.717, 1.165) is 0 Å². The number of aromatic nitrogens is 3. The summed E-state index contributed by atoms with van der Waals surface area (Å²) in [6.45, 7) is 0.213. The van der Waals surface area contributed by atoms with Gasteiger partial charge < -0.3 is 5.73 Å². The Morgan fingerprint density at radius 1 is 1.50 bits per heavy atom. The van der Waals surface area contributed by atoms with Crippen molar-refractivity contribution in [2.24, 2.45) is 5.73 Å². The second-order valence-corrected chi connectivity index (χ2v) is 1.80. The summed E-state index contributed by atoms with van der Waals surface area (Å²) in [5.41, 5.74) is 5.07. The van der Waals surface area contributed by atoms with Crippen LogP contribution in [-0.2, 0) is 11.3 Å². The predicted octanol–water partition coefficient (Wildman–Crippen LogP) is -1.19. The average Bonchev–Trinajstić information content (AvgIpc) is 2.40. The molecule has 0 saturated heterocycles. The molecule has 5 nitrogen and oxygen atoms in total. The van der Waals surface area contributed by atoms with E-state index in [-0.39, 0.29) is 18.9 Å². The second-order valence-electron chi connectivity index (χ2n) is 1.80. The van der Waals surface area contributed by atoms with E-state index >= 15 is 0 Å². The number of carbonyl (C=O) groups is 1. The highest BCUT2D eigenvalue weighted by atomic mass is 16.1. The summed E-state index contributed by atoms with van der Waals surface area (Å²) in [5, 5.41) is 7.47. The van der Waals surface area contributed by atoms with Crippen LogP contribution in [0.25, 0.3) is 0 Å². The first-order chi connectivity index (χ1) is 4.83. The lowest BCUT2D eigenvalue weighted by Crippen LogP contribution is -2.20. The molecule has 5 heteroatoms. The van der Waals surface area contributed by atoms with Crippen molar-refractivity contribution in [3.05, 3.63) is 12.4 Å². The lowest BCUT2D eigenvalue weighted by Gasteiger charge is -1.93. The summed E-state index contributed by atoms with van der Waals surface area (Å²) >= 11 is 0. The molecule has 0 aliphatic carbocycles. The highest BCUT2D eigenvalue weighted by Gasteiger charge is 1.99. The molecular formula is C5H8N4O. The topological polar surface area (TPSA) is 73.8 Å². The van der Waals surface area contributed by atoms with Gasteiger partial charge in [-0.05, 0) is 0 Å². The van der Waals surface area contributed by atoms with Gasteiger partial charge in [0.2, 0.25) is 0 Å². The van der Waals surface area contributed by atoms with Crippen LogP contribution in [0.4, 0.5) is 0 Å². The first-order valence-electron chi connectivity index (χ1n) is 2.89. The highest BCUT2D eigenvalue weighted by Crippen LogP contribution is 1.78. The Morgan fingerprint density at radius 2 is 2.10 bits per heavy atom. The summed E-state index contributed by atoms with van der Waals surface area (Å²) in [7, 11) is 0. The summed E-state index contributed by atoms with van der Waals surface area (Å²) in [5.74, 6) is -0.0730. The Kier molecular flexibility index (Phi) is 2.11. The number of hydrogen-bond donors (Lipinski definition) is 1. The fraction of sp³-hybridized carbons (Fsp3) is 0.400. The number of nitrogens with zero attached hydrogens (tertiary/aromatic N) is 3. The quantitative estimate of drug-likeness (QED) is 0.572. The smallest absolute Gasteiger partial charge is 0.169 e. The number of hydrogen-bond acceptors (Lipinski definition) is 4. The summed E-state index contributed by atoms with van der Waals surface area (Å²) in [4.78, 5) is 12.0. The molecule has 0 amide bonds. The molecule has 10 heavy (non-hydrogen) atoms. The molecule has 1 rings (SSSR count). The van der Waals surface area contributed by atoms with E-state index in [1.807, 2.05) is 0 Å². The van der Waals surface area contributed by atoms with Crippen molar-refractivity contribution >= 4 is 5.78 Å². The minimum absolute atomic E-state index is 0.0432. The van der Waals surface area contributed by atoms with Gasteiger partial charge in [0.15, 0.2) is 5.78 Å². The van der Waals surface area contributed by atoms with Gasteiger partial charge in [0.1, 0.15) is 6.54 Å². The molecule has 54 valence electrons. The van der Waals surface area contributed by atoms with Crippen LogP contribution in [0, 0.1) is 0 Å². The maximum atomic E-state index is 10.7. The van der Waals surface area contributed by atoms with Gasteiger partial charge in [-0.1, -0.05) is 0 Å². The van der Waals surface area contributed by atoms with Crippen molar-refractivity contribution in [3.63, 3.8) is 0 Å². The first kappa shape index (κ1) is 6.88. The van der Waals surface area contributed by atoms with Gasteiger partial charge in [-0.3, -0.25) is 4.79 Å². The third kappa shape index (κ3) is 1.63. The van der Waals surface area contributed by atoms with Gasteiger partial charge in [-0.2, -0.15) is 15.0 Å². The molecule has 0 spiro atoms. The standard InChI is InChI=1S/C5H8N4O/c6-3-5(10)4-9-7-1-2-8-9/h1-2H,3-4,6H2. The summed E-state index contributed by atoms with van der Waals surface area (Å²) < 4.78 is 0. The monoisotopic (exact) mass is 140 g/mol. The highest BCUT2D eigenvalue weighted by molar-refractivity contribution is 5.79. The van der Waals surface area contributed by atoms with Gasteiger partial charge in [-0.25, -0.2) is 0 Å². The number of rotatable bonds is 3. The van der Waals surface area contributed by atoms with E-state index in [1.54, 1.807) is 0 Å². The molecule has 1 aromatic rings. The molecule has 2 N–H and O–H groups in total. The molecule has 0 atom stereocenters. The zero-order valence-electron chi connectivity index (χ0n) is 5.40. The number of ketones is 1. The molecule has 0 saturated carbocycles. The van der Waals surface area contributed by atoms with Gasteiger partial charge >= 0.3 is 0 Å². The number of carbonyl (C=O) groups excluding carboxylic acids is 1. The Balaban J connectivity index is 2.48. The molecule has 0 aliphatic heterocycles. The van der Waals surface area contributed by atoms with Crippen molar-refractivity contribution in [2.75, 3.05) is 6.54 Å². The Bertz CT molecular complexity index is 205. The van der Waals surface area contributed by atoms with Crippen LogP contribution in [0.1, 0.15) is 0 Å². The molecule has 0 bridgehead atoms. The van der Waals surface area contributed by atoms with Crippen LogP contribution in [0.3, 0.4) is 0 Å².